The fourth-order valence-corrected chi connectivity index (χ4v) is 4.43. The third kappa shape index (κ3) is 2.58. The fourth-order valence-electron chi connectivity index (χ4n) is 2.41. The largest absolute Gasteiger partial charge is 0.492 e. The van der Waals surface area contributed by atoms with Crippen molar-refractivity contribution in [1.82, 2.24) is 19.5 Å². The van der Waals surface area contributed by atoms with Gasteiger partial charge in [-0.1, -0.05) is 29.6 Å². The van der Waals surface area contributed by atoms with Gasteiger partial charge in [-0.15, -0.1) is 24.5 Å². The van der Waals surface area contributed by atoms with E-state index in [0.29, 0.717) is 18.1 Å². The summed E-state index contributed by atoms with van der Waals surface area (Å²) >= 11 is 3.12. The predicted octanol–water partition coefficient (Wildman–Crippen LogP) is 3.32. The Morgan fingerprint density at radius 3 is 2.73 bits per heavy atom. The maximum absolute atomic E-state index is 10.5. The molecule has 0 aromatic carbocycles. The second kappa shape index (κ2) is 6.43. The first-order chi connectivity index (χ1) is 10.8. The summed E-state index contributed by atoms with van der Waals surface area (Å²) in [7, 11) is 0. The van der Waals surface area contributed by atoms with E-state index in [2.05, 4.69) is 34.2 Å². The quantitative estimate of drug-likeness (QED) is 0.674. The van der Waals surface area contributed by atoms with Crippen molar-refractivity contribution in [3.63, 3.8) is 0 Å². The highest BCUT2D eigenvalue weighted by molar-refractivity contribution is 7.17. The molecule has 0 fully saturated rings. The highest BCUT2D eigenvalue weighted by atomic mass is 32.1. The number of aromatic hydroxyl groups is 1. The number of fused-ring (bicyclic) bond motifs is 1. The molecule has 7 heteroatoms. The molecule has 0 aliphatic carbocycles. The van der Waals surface area contributed by atoms with Gasteiger partial charge in [0, 0.05) is 18.0 Å². The Labute approximate surface area is 136 Å². The zero-order chi connectivity index (χ0) is 15.5. The van der Waals surface area contributed by atoms with Gasteiger partial charge in [-0.05, 0) is 11.4 Å². The third-order valence-corrected chi connectivity index (χ3v) is 5.30. The van der Waals surface area contributed by atoms with E-state index in [1.807, 2.05) is 23.6 Å². The summed E-state index contributed by atoms with van der Waals surface area (Å²) in [6.07, 6.45) is 5.16. The van der Waals surface area contributed by atoms with Crippen molar-refractivity contribution in [3.05, 3.63) is 58.9 Å². The first kappa shape index (κ1) is 15.0. The van der Waals surface area contributed by atoms with Crippen LogP contribution in [-0.4, -0.2) is 37.7 Å². The first-order valence-corrected chi connectivity index (χ1v) is 8.46. The monoisotopic (exact) mass is 332 g/mol. The molecule has 0 aliphatic rings. The minimum Gasteiger partial charge on any atom is -0.492 e. The second-order valence-electron chi connectivity index (χ2n) is 4.69. The number of hydrogen-bond donors (Lipinski definition) is 1. The molecular weight excluding hydrogens is 316 g/mol. The molecule has 5 nitrogen and oxygen atoms in total. The third-order valence-electron chi connectivity index (χ3n) is 3.29. The molecule has 22 heavy (non-hydrogen) atoms. The average Bonchev–Trinajstić information content (AvgIpc) is 3.21. The molecule has 0 spiro atoms. The highest BCUT2D eigenvalue weighted by Crippen LogP contribution is 2.40. The predicted molar refractivity (Wildman–Crippen MR) is 90.7 cm³/mol. The van der Waals surface area contributed by atoms with E-state index in [1.165, 1.54) is 22.2 Å². The molecule has 0 aliphatic heterocycles. The molecule has 0 bridgehead atoms. The molecule has 1 unspecified atom stereocenters. The molecule has 3 aromatic heterocycles. The van der Waals surface area contributed by atoms with Crippen LogP contribution in [0, 0.1) is 0 Å². The van der Waals surface area contributed by atoms with Crippen molar-refractivity contribution in [2.24, 2.45) is 0 Å². The van der Waals surface area contributed by atoms with E-state index in [4.69, 9.17) is 0 Å². The van der Waals surface area contributed by atoms with Gasteiger partial charge in [-0.3, -0.25) is 4.90 Å². The zero-order valence-electron chi connectivity index (χ0n) is 11.9. The molecule has 0 saturated heterocycles. The summed E-state index contributed by atoms with van der Waals surface area (Å²) in [6, 6.07) is 4.02. The van der Waals surface area contributed by atoms with Crippen LogP contribution in [0.4, 0.5) is 0 Å². The Bertz CT molecular complexity index is 765. The van der Waals surface area contributed by atoms with Crippen molar-refractivity contribution < 1.29 is 5.11 Å². The van der Waals surface area contributed by atoms with Gasteiger partial charge in [0.05, 0.1) is 10.9 Å². The van der Waals surface area contributed by atoms with E-state index < -0.39 is 0 Å². The molecule has 114 valence electrons. The van der Waals surface area contributed by atoms with E-state index in [-0.39, 0.29) is 11.9 Å². The van der Waals surface area contributed by atoms with Crippen molar-refractivity contribution >= 4 is 27.6 Å². The lowest BCUT2D eigenvalue weighted by Gasteiger charge is -2.28. The SMILES string of the molecule is C=CCN(CC=C)C(c1cccs1)c1sc2ncnn2c1O. The van der Waals surface area contributed by atoms with Gasteiger partial charge in [-0.2, -0.15) is 9.61 Å². The standard InChI is InChI=1S/C15H16N4OS2/c1-3-7-18(8-4-2)12(11-6-5-9-21-11)13-14(20)19-15(22-13)16-10-17-19/h3-6,9-10,12,20H,1-2,7-8H2. The highest BCUT2D eigenvalue weighted by Gasteiger charge is 2.28. The summed E-state index contributed by atoms with van der Waals surface area (Å²) in [6.45, 7) is 9.06. The number of nitrogens with zero attached hydrogens (tertiary/aromatic N) is 4. The number of hydrogen-bond acceptors (Lipinski definition) is 6. The first-order valence-electron chi connectivity index (χ1n) is 6.77. The normalized spacial score (nSPS) is 12.8. The molecule has 3 aromatic rings. The maximum Gasteiger partial charge on any atom is 0.230 e. The van der Waals surface area contributed by atoms with Crippen LogP contribution in [0.15, 0.2) is 49.2 Å². The minimum absolute atomic E-state index is 0.0653. The number of thiophene rings is 1. The van der Waals surface area contributed by atoms with E-state index >= 15 is 0 Å². The molecule has 0 amide bonds. The lowest BCUT2D eigenvalue weighted by Crippen LogP contribution is -2.29. The summed E-state index contributed by atoms with van der Waals surface area (Å²) < 4.78 is 1.47. The van der Waals surface area contributed by atoms with Crippen molar-refractivity contribution in [1.29, 1.82) is 0 Å². The second-order valence-corrected chi connectivity index (χ2v) is 6.68. The molecule has 0 saturated carbocycles. The topological polar surface area (TPSA) is 53.7 Å². The van der Waals surface area contributed by atoms with Gasteiger partial charge in [0.2, 0.25) is 10.8 Å². The molecule has 3 heterocycles. The Kier molecular flexibility index (Phi) is 4.37. The summed E-state index contributed by atoms with van der Waals surface area (Å²) in [5.74, 6) is 0.147. The Hall–Kier alpha value is -1.96. The number of thiazole rings is 1. The van der Waals surface area contributed by atoms with Crippen LogP contribution >= 0.6 is 22.7 Å². The minimum atomic E-state index is -0.0653. The summed E-state index contributed by atoms with van der Waals surface area (Å²) in [5.41, 5.74) is 0. The van der Waals surface area contributed by atoms with E-state index in [9.17, 15) is 5.11 Å². The van der Waals surface area contributed by atoms with Crippen molar-refractivity contribution in [3.8, 4) is 5.88 Å². The van der Waals surface area contributed by atoms with Crippen molar-refractivity contribution in [2.75, 3.05) is 13.1 Å². The van der Waals surface area contributed by atoms with E-state index in [0.717, 1.165) is 9.75 Å². The van der Waals surface area contributed by atoms with Gasteiger partial charge in [0.1, 0.15) is 6.33 Å². The Morgan fingerprint density at radius 1 is 1.36 bits per heavy atom. The molecule has 3 rings (SSSR count). The number of rotatable bonds is 7. The molecule has 0 radical (unpaired) electrons. The fraction of sp³-hybridized carbons (Fsp3) is 0.200. The van der Waals surface area contributed by atoms with Crippen LogP contribution in [0.3, 0.4) is 0 Å². The van der Waals surface area contributed by atoms with Crippen LogP contribution in [0.1, 0.15) is 15.8 Å². The van der Waals surface area contributed by atoms with Crippen LogP contribution in [0.25, 0.3) is 4.96 Å². The van der Waals surface area contributed by atoms with Gasteiger partial charge in [0.25, 0.3) is 0 Å². The molecule has 1 N–H and O–H groups in total. The lowest BCUT2D eigenvalue weighted by molar-refractivity contribution is 0.277. The van der Waals surface area contributed by atoms with E-state index in [1.54, 1.807) is 11.3 Å². The van der Waals surface area contributed by atoms with Gasteiger partial charge < -0.3 is 5.11 Å². The van der Waals surface area contributed by atoms with Crippen LogP contribution in [0.5, 0.6) is 5.88 Å². The van der Waals surface area contributed by atoms with Crippen LogP contribution in [0.2, 0.25) is 0 Å². The maximum atomic E-state index is 10.5. The lowest BCUT2D eigenvalue weighted by atomic mass is 10.1. The zero-order valence-corrected chi connectivity index (χ0v) is 13.6. The average molecular weight is 332 g/mol. The number of aromatic nitrogens is 3. The Balaban J connectivity index is 2.11. The smallest absolute Gasteiger partial charge is 0.230 e. The summed E-state index contributed by atoms with van der Waals surface area (Å²) in [4.78, 5) is 9.05. The van der Waals surface area contributed by atoms with Crippen LogP contribution in [-0.2, 0) is 0 Å². The van der Waals surface area contributed by atoms with Gasteiger partial charge >= 0.3 is 0 Å². The van der Waals surface area contributed by atoms with Crippen molar-refractivity contribution in [2.45, 2.75) is 6.04 Å². The van der Waals surface area contributed by atoms with Crippen LogP contribution < -0.4 is 0 Å². The molecular formula is C15H16N4OS2. The molecule has 1 atom stereocenters. The Morgan fingerprint density at radius 2 is 2.14 bits per heavy atom. The van der Waals surface area contributed by atoms with Gasteiger partial charge in [0.15, 0.2) is 0 Å². The van der Waals surface area contributed by atoms with Gasteiger partial charge in [-0.25, -0.2) is 4.98 Å². The summed E-state index contributed by atoms with van der Waals surface area (Å²) in [5, 5.41) is 16.6.